The van der Waals surface area contributed by atoms with Gasteiger partial charge in [0.25, 0.3) is 0 Å². The van der Waals surface area contributed by atoms with Crippen molar-refractivity contribution in [3.05, 3.63) is 54.0 Å². The second-order valence-corrected chi connectivity index (χ2v) is 6.07. The fourth-order valence-corrected chi connectivity index (χ4v) is 3.10. The first-order valence-electron chi connectivity index (χ1n) is 8.14. The fourth-order valence-electron chi connectivity index (χ4n) is 3.10. The highest BCUT2D eigenvalue weighted by molar-refractivity contribution is 5.73. The van der Waals surface area contributed by atoms with Crippen LogP contribution in [0.15, 0.2) is 42.6 Å². The molecule has 0 saturated carbocycles. The summed E-state index contributed by atoms with van der Waals surface area (Å²) in [6.07, 6.45) is 1.84. The lowest BCUT2D eigenvalue weighted by Gasteiger charge is -2.27. The Morgan fingerprint density at radius 2 is 1.87 bits per heavy atom. The number of imidazole rings is 1. The lowest BCUT2D eigenvalue weighted by atomic mass is 10.2. The number of piperazine rings is 1. The average Bonchev–Trinajstić information content (AvgIpc) is 2.94. The van der Waals surface area contributed by atoms with Crippen molar-refractivity contribution in [2.24, 2.45) is 0 Å². The van der Waals surface area contributed by atoms with Gasteiger partial charge in [-0.25, -0.2) is 9.97 Å². The molecule has 2 aromatic heterocycles. The van der Waals surface area contributed by atoms with Crippen molar-refractivity contribution in [1.82, 2.24) is 24.8 Å². The van der Waals surface area contributed by atoms with Crippen molar-refractivity contribution in [1.29, 1.82) is 0 Å². The van der Waals surface area contributed by atoms with E-state index in [1.807, 2.05) is 18.3 Å². The Morgan fingerprint density at radius 1 is 1.09 bits per heavy atom. The predicted molar refractivity (Wildman–Crippen MR) is 91.7 cm³/mol. The fraction of sp³-hybridized carbons (Fsp3) is 0.333. The van der Waals surface area contributed by atoms with E-state index < -0.39 is 0 Å². The van der Waals surface area contributed by atoms with Gasteiger partial charge >= 0.3 is 0 Å². The zero-order valence-electron chi connectivity index (χ0n) is 13.4. The number of aryl methyl sites for hydroxylation is 1. The molecule has 1 aliphatic rings. The monoisotopic (exact) mass is 307 g/mol. The molecule has 1 aromatic carbocycles. The van der Waals surface area contributed by atoms with E-state index in [2.05, 4.69) is 51.0 Å². The summed E-state index contributed by atoms with van der Waals surface area (Å²) in [5.41, 5.74) is 4.27. The van der Waals surface area contributed by atoms with Crippen molar-refractivity contribution in [2.45, 2.75) is 13.5 Å². The molecule has 0 aliphatic carbocycles. The van der Waals surface area contributed by atoms with E-state index in [1.54, 1.807) is 0 Å². The van der Waals surface area contributed by atoms with Crippen LogP contribution in [0.5, 0.6) is 0 Å². The summed E-state index contributed by atoms with van der Waals surface area (Å²) in [5, 5.41) is 3.40. The highest BCUT2D eigenvalue weighted by Gasteiger charge is 2.17. The smallest absolute Gasteiger partial charge is 0.164 e. The minimum atomic E-state index is 0.853. The molecule has 0 spiro atoms. The summed E-state index contributed by atoms with van der Waals surface area (Å²) in [6.45, 7) is 7.17. The van der Waals surface area contributed by atoms with E-state index in [9.17, 15) is 0 Å². The Labute approximate surface area is 136 Å². The first-order valence-corrected chi connectivity index (χ1v) is 8.14. The van der Waals surface area contributed by atoms with Gasteiger partial charge in [-0.15, -0.1) is 0 Å². The normalized spacial score (nSPS) is 16.0. The molecule has 3 aromatic rings. The number of hydrogen-bond donors (Lipinski definition) is 1. The predicted octanol–water partition coefficient (Wildman–Crippen LogP) is 2.13. The van der Waals surface area contributed by atoms with E-state index in [0.717, 1.165) is 55.4 Å². The molecule has 0 bridgehead atoms. The van der Waals surface area contributed by atoms with Gasteiger partial charge < -0.3 is 5.32 Å². The van der Waals surface area contributed by atoms with Gasteiger partial charge in [-0.2, -0.15) is 0 Å². The van der Waals surface area contributed by atoms with Crippen LogP contribution < -0.4 is 5.32 Å². The maximum Gasteiger partial charge on any atom is 0.164 e. The standard InChI is InChI=1S/C18H21N5/c1-14-4-6-15(7-5-14)23-17(13-22-11-9-19-10-12-22)21-16-3-2-8-20-18(16)23/h2-8,19H,9-13H2,1H3. The van der Waals surface area contributed by atoms with E-state index in [4.69, 9.17) is 4.98 Å². The summed E-state index contributed by atoms with van der Waals surface area (Å²) < 4.78 is 2.19. The van der Waals surface area contributed by atoms with Gasteiger partial charge in [0.15, 0.2) is 5.65 Å². The maximum atomic E-state index is 4.84. The van der Waals surface area contributed by atoms with Crippen LogP contribution in [0.3, 0.4) is 0 Å². The first-order chi connectivity index (χ1) is 11.3. The Bertz CT molecular complexity index is 800. The second kappa shape index (κ2) is 6.10. The third kappa shape index (κ3) is 2.85. The number of rotatable bonds is 3. The van der Waals surface area contributed by atoms with Crippen LogP contribution in [-0.4, -0.2) is 45.6 Å². The van der Waals surface area contributed by atoms with E-state index in [0.29, 0.717) is 0 Å². The molecule has 118 valence electrons. The molecular formula is C18H21N5. The summed E-state index contributed by atoms with van der Waals surface area (Å²) >= 11 is 0. The lowest BCUT2D eigenvalue weighted by Crippen LogP contribution is -2.43. The molecule has 4 rings (SSSR count). The largest absolute Gasteiger partial charge is 0.314 e. The van der Waals surface area contributed by atoms with Crippen molar-refractivity contribution < 1.29 is 0 Å². The number of nitrogens with zero attached hydrogens (tertiary/aromatic N) is 4. The van der Waals surface area contributed by atoms with Crippen molar-refractivity contribution in [2.75, 3.05) is 26.2 Å². The Kier molecular flexibility index (Phi) is 3.81. The number of aromatic nitrogens is 3. The molecule has 0 radical (unpaired) electrons. The number of hydrogen-bond acceptors (Lipinski definition) is 4. The molecule has 0 unspecified atom stereocenters. The molecular weight excluding hydrogens is 286 g/mol. The van der Waals surface area contributed by atoms with Gasteiger partial charge in [-0.05, 0) is 31.2 Å². The summed E-state index contributed by atoms with van der Waals surface area (Å²) in [6, 6.07) is 12.5. The zero-order chi connectivity index (χ0) is 15.6. The van der Waals surface area contributed by atoms with Crippen molar-refractivity contribution in [3.63, 3.8) is 0 Å². The van der Waals surface area contributed by atoms with Gasteiger partial charge in [0.2, 0.25) is 0 Å². The van der Waals surface area contributed by atoms with Crippen LogP contribution in [0, 0.1) is 6.92 Å². The van der Waals surface area contributed by atoms with Gasteiger partial charge in [-0.1, -0.05) is 17.7 Å². The van der Waals surface area contributed by atoms with Crippen LogP contribution in [-0.2, 0) is 6.54 Å². The Balaban J connectivity index is 1.79. The van der Waals surface area contributed by atoms with E-state index in [1.165, 1.54) is 5.56 Å². The van der Waals surface area contributed by atoms with E-state index in [-0.39, 0.29) is 0 Å². The van der Waals surface area contributed by atoms with Gasteiger partial charge in [0.1, 0.15) is 11.3 Å². The van der Waals surface area contributed by atoms with Crippen molar-refractivity contribution >= 4 is 11.2 Å². The quantitative estimate of drug-likeness (QED) is 0.805. The number of fused-ring (bicyclic) bond motifs is 1. The highest BCUT2D eigenvalue weighted by atomic mass is 15.2. The summed E-state index contributed by atoms with van der Waals surface area (Å²) in [5.74, 6) is 1.06. The Hall–Kier alpha value is -2.24. The zero-order valence-corrected chi connectivity index (χ0v) is 13.4. The molecule has 23 heavy (non-hydrogen) atoms. The van der Waals surface area contributed by atoms with Crippen LogP contribution in [0.2, 0.25) is 0 Å². The topological polar surface area (TPSA) is 46.0 Å². The molecule has 1 fully saturated rings. The first kappa shape index (κ1) is 14.4. The average molecular weight is 307 g/mol. The third-order valence-electron chi connectivity index (χ3n) is 4.35. The minimum Gasteiger partial charge on any atom is -0.314 e. The highest BCUT2D eigenvalue weighted by Crippen LogP contribution is 2.21. The SMILES string of the molecule is Cc1ccc(-n2c(CN3CCNCC3)nc3cccnc32)cc1. The molecule has 0 amide bonds. The molecule has 1 saturated heterocycles. The minimum absolute atomic E-state index is 0.853. The van der Waals surface area contributed by atoms with Crippen LogP contribution in [0.4, 0.5) is 0 Å². The molecule has 5 heteroatoms. The number of benzene rings is 1. The van der Waals surface area contributed by atoms with Crippen molar-refractivity contribution in [3.8, 4) is 5.69 Å². The van der Waals surface area contributed by atoms with E-state index >= 15 is 0 Å². The molecule has 1 aliphatic heterocycles. The van der Waals surface area contributed by atoms with Gasteiger partial charge in [0.05, 0.1) is 6.54 Å². The third-order valence-corrected chi connectivity index (χ3v) is 4.35. The second-order valence-electron chi connectivity index (χ2n) is 6.07. The van der Waals surface area contributed by atoms with Crippen LogP contribution in [0.25, 0.3) is 16.9 Å². The lowest BCUT2D eigenvalue weighted by molar-refractivity contribution is 0.227. The van der Waals surface area contributed by atoms with Crippen LogP contribution >= 0.6 is 0 Å². The number of pyridine rings is 1. The van der Waals surface area contributed by atoms with Gasteiger partial charge in [0, 0.05) is 38.1 Å². The van der Waals surface area contributed by atoms with Crippen LogP contribution in [0.1, 0.15) is 11.4 Å². The molecule has 1 N–H and O–H groups in total. The molecule has 5 nitrogen and oxygen atoms in total. The maximum absolute atomic E-state index is 4.84. The summed E-state index contributed by atoms with van der Waals surface area (Å²) in [7, 11) is 0. The summed E-state index contributed by atoms with van der Waals surface area (Å²) in [4.78, 5) is 11.9. The molecule has 0 atom stereocenters. The molecule has 3 heterocycles. The Morgan fingerprint density at radius 3 is 2.65 bits per heavy atom. The number of nitrogens with one attached hydrogen (secondary N) is 1. The van der Waals surface area contributed by atoms with Gasteiger partial charge in [-0.3, -0.25) is 9.47 Å².